The second-order valence-corrected chi connectivity index (χ2v) is 7.55. The van der Waals surface area contributed by atoms with Crippen LogP contribution in [-0.2, 0) is 14.4 Å². The number of nitriles is 1. The van der Waals surface area contributed by atoms with Crippen molar-refractivity contribution in [2.75, 3.05) is 18.9 Å². The first-order valence-corrected chi connectivity index (χ1v) is 10.3. The minimum atomic E-state index is -4.25. The molecular formula is C21H27F4N7O3. The van der Waals surface area contributed by atoms with Crippen molar-refractivity contribution in [2.45, 2.75) is 38.0 Å². The van der Waals surface area contributed by atoms with Crippen LogP contribution >= 0.6 is 0 Å². The van der Waals surface area contributed by atoms with Gasteiger partial charge in [0.05, 0.1) is 23.9 Å². The fourth-order valence-electron chi connectivity index (χ4n) is 3.41. The van der Waals surface area contributed by atoms with Gasteiger partial charge in [-0.2, -0.15) is 18.4 Å². The molecule has 3 unspecified atom stereocenters. The average Bonchev–Trinajstić information content (AvgIpc) is 3.19. The molecule has 14 heteroatoms. The zero-order valence-corrected chi connectivity index (χ0v) is 19.0. The van der Waals surface area contributed by atoms with E-state index in [1.54, 1.807) is 13.0 Å². The van der Waals surface area contributed by atoms with Crippen LogP contribution < -0.4 is 27.6 Å². The number of carbonyl (C=O) groups excluding carboxylic acids is 3. The van der Waals surface area contributed by atoms with Gasteiger partial charge in [0, 0.05) is 30.2 Å². The Bertz CT molecular complexity index is 979. The van der Waals surface area contributed by atoms with E-state index in [1.807, 2.05) is 0 Å². The fourth-order valence-corrected chi connectivity index (χ4v) is 3.41. The summed E-state index contributed by atoms with van der Waals surface area (Å²) in [5.74, 6) is 2.78. The van der Waals surface area contributed by atoms with E-state index < -0.39 is 42.3 Å². The molecule has 10 nitrogen and oxygen atoms in total. The van der Waals surface area contributed by atoms with E-state index in [-0.39, 0.29) is 23.5 Å². The van der Waals surface area contributed by atoms with Crippen molar-refractivity contribution in [1.29, 1.82) is 5.26 Å². The molecule has 0 spiro atoms. The van der Waals surface area contributed by atoms with Crippen molar-refractivity contribution in [3.05, 3.63) is 41.5 Å². The molecule has 1 aliphatic heterocycles. The zero-order valence-electron chi connectivity index (χ0n) is 19.0. The van der Waals surface area contributed by atoms with Crippen LogP contribution in [0.4, 0.5) is 23.2 Å². The Balaban J connectivity index is 0.000000405. The molecule has 0 aromatic heterocycles. The molecule has 1 saturated heterocycles. The molecule has 1 aromatic carbocycles. The van der Waals surface area contributed by atoms with Gasteiger partial charge >= 0.3 is 6.18 Å². The van der Waals surface area contributed by atoms with Crippen LogP contribution in [0.15, 0.2) is 30.1 Å². The van der Waals surface area contributed by atoms with Gasteiger partial charge in [-0.3, -0.25) is 20.2 Å². The van der Waals surface area contributed by atoms with Gasteiger partial charge in [0.15, 0.2) is 0 Å². The molecule has 0 bridgehead atoms. The van der Waals surface area contributed by atoms with Crippen LogP contribution in [0.25, 0.3) is 0 Å². The number of benzene rings is 1. The number of nitrogens with two attached hydrogens (primary N) is 2. The molecule has 1 heterocycles. The maximum absolute atomic E-state index is 13.2. The molecule has 35 heavy (non-hydrogen) atoms. The number of likely N-dealkylation sites (N-methyl/N-ethyl adjacent to an activating group) is 1. The summed E-state index contributed by atoms with van der Waals surface area (Å²) >= 11 is 0. The van der Waals surface area contributed by atoms with E-state index in [2.05, 4.69) is 16.1 Å². The SMILES string of the molecule is CC1C(C(=O)Nc2ccc(F)c(C#N)c2)CCN1C(=O)C=O.CNC(CC(F)(F)F)/C(N)=C/NN. The predicted octanol–water partition coefficient (Wildman–Crippen LogP) is 0.862. The number of likely N-dealkylation sites (tertiary alicyclic amines) is 1. The van der Waals surface area contributed by atoms with Crippen molar-refractivity contribution < 1.29 is 31.9 Å². The lowest BCUT2D eigenvalue weighted by Crippen LogP contribution is -2.39. The first-order valence-electron chi connectivity index (χ1n) is 10.3. The van der Waals surface area contributed by atoms with Crippen molar-refractivity contribution in [1.82, 2.24) is 15.6 Å². The number of nitrogens with zero attached hydrogens (tertiary/aromatic N) is 2. The third-order valence-corrected chi connectivity index (χ3v) is 5.27. The number of carbonyl (C=O) groups is 3. The number of hydrogen-bond donors (Lipinski definition) is 5. The molecule has 192 valence electrons. The Hall–Kier alpha value is -3.70. The summed E-state index contributed by atoms with van der Waals surface area (Å²) in [4.78, 5) is 35.6. The summed E-state index contributed by atoms with van der Waals surface area (Å²) < 4.78 is 49.0. The van der Waals surface area contributed by atoms with Crippen LogP contribution in [0, 0.1) is 23.1 Å². The Morgan fingerprint density at radius 3 is 2.54 bits per heavy atom. The van der Waals surface area contributed by atoms with Crippen LogP contribution in [0.1, 0.15) is 25.3 Å². The van der Waals surface area contributed by atoms with E-state index >= 15 is 0 Å². The van der Waals surface area contributed by atoms with Gasteiger partial charge in [0.2, 0.25) is 12.2 Å². The molecule has 0 saturated carbocycles. The Morgan fingerprint density at radius 1 is 1.37 bits per heavy atom. The Labute approximate surface area is 199 Å². The van der Waals surface area contributed by atoms with Gasteiger partial charge in [-0.05, 0) is 38.6 Å². The number of amides is 2. The van der Waals surface area contributed by atoms with E-state index in [9.17, 15) is 31.9 Å². The lowest BCUT2D eigenvalue weighted by atomic mass is 10.0. The number of hydrogen-bond acceptors (Lipinski definition) is 8. The minimum Gasteiger partial charge on any atom is -0.400 e. The standard InChI is InChI=1S/C15H14FN3O3.C6H13F3N4/c1-9-12(4-5-19(9)14(21)8-20)15(22)18-11-2-3-13(16)10(6-11)7-17;1-12-5(2-6(7,8)9)4(10)3-13-11/h2-3,6,8-9,12H,4-5H2,1H3,(H,18,22);3,5,12-13H,2,10-11H2,1H3/b;4-3-. The fraction of sp³-hybridized carbons (Fsp3) is 0.429. The van der Waals surface area contributed by atoms with Crippen molar-refractivity contribution in [3.63, 3.8) is 0 Å². The summed E-state index contributed by atoms with van der Waals surface area (Å²) in [7, 11) is 1.40. The highest BCUT2D eigenvalue weighted by Gasteiger charge is 2.38. The molecule has 1 aromatic rings. The highest BCUT2D eigenvalue weighted by Crippen LogP contribution is 2.26. The molecule has 1 fully saturated rings. The van der Waals surface area contributed by atoms with Crippen molar-refractivity contribution in [2.24, 2.45) is 17.5 Å². The van der Waals surface area contributed by atoms with Crippen molar-refractivity contribution >= 4 is 23.8 Å². The third kappa shape index (κ3) is 8.87. The van der Waals surface area contributed by atoms with Gasteiger partial charge < -0.3 is 26.7 Å². The molecule has 0 aliphatic carbocycles. The number of alkyl halides is 3. The minimum absolute atomic E-state index is 0.0160. The van der Waals surface area contributed by atoms with E-state index in [0.29, 0.717) is 18.7 Å². The van der Waals surface area contributed by atoms with E-state index in [1.165, 1.54) is 24.1 Å². The van der Waals surface area contributed by atoms with Gasteiger partial charge in [0.1, 0.15) is 11.9 Å². The monoisotopic (exact) mass is 501 g/mol. The summed E-state index contributed by atoms with van der Waals surface area (Å²) in [6.07, 6.45) is -3.48. The normalized spacial score (nSPS) is 18.6. The zero-order chi connectivity index (χ0) is 26.8. The third-order valence-electron chi connectivity index (χ3n) is 5.27. The summed E-state index contributed by atoms with van der Waals surface area (Å²) in [5, 5.41) is 13.8. The van der Waals surface area contributed by atoms with Crippen LogP contribution in [-0.4, -0.2) is 54.9 Å². The first-order chi connectivity index (χ1) is 16.4. The van der Waals surface area contributed by atoms with Crippen molar-refractivity contribution in [3.8, 4) is 6.07 Å². The second kappa shape index (κ2) is 13.3. The number of aldehydes is 1. The van der Waals surface area contributed by atoms with E-state index in [0.717, 1.165) is 12.3 Å². The molecule has 0 radical (unpaired) electrons. The number of hydrazine groups is 1. The highest BCUT2D eigenvalue weighted by molar-refractivity contribution is 6.23. The van der Waals surface area contributed by atoms with E-state index in [4.69, 9.17) is 16.8 Å². The Morgan fingerprint density at radius 2 is 2.03 bits per heavy atom. The van der Waals surface area contributed by atoms with Crippen LogP contribution in [0.3, 0.4) is 0 Å². The molecule has 2 rings (SSSR count). The quantitative estimate of drug-likeness (QED) is 0.121. The number of halogens is 4. The molecule has 7 N–H and O–H groups in total. The smallest absolute Gasteiger partial charge is 0.390 e. The lowest BCUT2D eigenvalue weighted by Gasteiger charge is -2.22. The highest BCUT2D eigenvalue weighted by atomic mass is 19.4. The number of nitrogens with one attached hydrogen (secondary N) is 3. The summed E-state index contributed by atoms with van der Waals surface area (Å²) in [6, 6.07) is 4.08. The maximum atomic E-state index is 13.2. The molecule has 3 atom stereocenters. The van der Waals surface area contributed by atoms with Gasteiger partial charge in [0.25, 0.3) is 5.91 Å². The maximum Gasteiger partial charge on any atom is 0.390 e. The van der Waals surface area contributed by atoms with Gasteiger partial charge in [-0.25, -0.2) is 4.39 Å². The molecular weight excluding hydrogens is 474 g/mol. The topological polar surface area (TPSA) is 166 Å². The largest absolute Gasteiger partial charge is 0.400 e. The Kier molecular flexibility index (Phi) is 11.1. The number of rotatable bonds is 7. The predicted molar refractivity (Wildman–Crippen MR) is 118 cm³/mol. The van der Waals surface area contributed by atoms with Gasteiger partial charge in [-0.1, -0.05) is 0 Å². The average molecular weight is 501 g/mol. The first kappa shape index (κ1) is 29.3. The summed E-state index contributed by atoms with van der Waals surface area (Å²) in [5.41, 5.74) is 7.55. The van der Waals surface area contributed by atoms with Crippen LogP contribution in [0.2, 0.25) is 0 Å². The molecule has 1 aliphatic rings. The summed E-state index contributed by atoms with van der Waals surface area (Å²) in [6.45, 7) is 2.04. The second-order valence-electron chi connectivity index (χ2n) is 7.55. The number of anilines is 1. The van der Waals surface area contributed by atoms with Crippen LogP contribution in [0.5, 0.6) is 0 Å². The lowest BCUT2D eigenvalue weighted by molar-refractivity contribution is -0.139. The molecule has 2 amide bonds. The van der Waals surface area contributed by atoms with Gasteiger partial charge in [-0.15, -0.1) is 0 Å².